The van der Waals surface area contributed by atoms with E-state index in [9.17, 15) is 0 Å². The third-order valence-electron chi connectivity index (χ3n) is 3.65. The van der Waals surface area contributed by atoms with E-state index in [1.165, 1.54) is 45.1 Å². The van der Waals surface area contributed by atoms with Crippen molar-refractivity contribution in [3.8, 4) is 0 Å². The van der Waals surface area contributed by atoms with Gasteiger partial charge in [0, 0.05) is 19.3 Å². The van der Waals surface area contributed by atoms with E-state index >= 15 is 0 Å². The van der Waals surface area contributed by atoms with Crippen molar-refractivity contribution in [2.75, 3.05) is 19.8 Å². The maximum Gasteiger partial charge on any atom is 0.0488 e. The summed E-state index contributed by atoms with van der Waals surface area (Å²) >= 11 is 0. The lowest BCUT2D eigenvalue weighted by Gasteiger charge is -2.32. The maximum atomic E-state index is 5.72. The summed E-state index contributed by atoms with van der Waals surface area (Å²) in [5.74, 6) is 1.51. The molecule has 2 atom stereocenters. The first-order chi connectivity index (χ1) is 8.24. The van der Waals surface area contributed by atoms with Gasteiger partial charge in [0.2, 0.25) is 0 Å². The topological polar surface area (TPSA) is 21.3 Å². The summed E-state index contributed by atoms with van der Waals surface area (Å²) in [5.41, 5.74) is 0. The summed E-state index contributed by atoms with van der Waals surface area (Å²) in [7, 11) is 0. The van der Waals surface area contributed by atoms with E-state index in [0.717, 1.165) is 25.2 Å². The monoisotopic (exact) mass is 241 g/mol. The second-order valence-corrected chi connectivity index (χ2v) is 5.86. The predicted octanol–water partition coefficient (Wildman–Crippen LogP) is 3.61. The second kappa shape index (κ2) is 8.93. The maximum absolute atomic E-state index is 5.72. The molecule has 0 aromatic heterocycles. The zero-order valence-electron chi connectivity index (χ0n) is 12.0. The van der Waals surface area contributed by atoms with Crippen LogP contribution in [0.25, 0.3) is 0 Å². The van der Waals surface area contributed by atoms with Gasteiger partial charge in [-0.15, -0.1) is 0 Å². The van der Waals surface area contributed by atoms with E-state index in [-0.39, 0.29) is 0 Å². The molecule has 0 saturated heterocycles. The summed E-state index contributed by atoms with van der Waals surface area (Å²) in [4.78, 5) is 0. The zero-order chi connectivity index (χ0) is 12.5. The van der Waals surface area contributed by atoms with E-state index < -0.39 is 0 Å². The van der Waals surface area contributed by atoms with Crippen molar-refractivity contribution in [1.82, 2.24) is 5.32 Å². The van der Waals surface area contributed by atoms with E-state index in [2.05, 4.69) is 26.1 Å². The Labute approximate surface area is 108 Å². The van der Waals surface area contributed by atoms with Crippen LogP contribution in [0.15, 0.2) is 0 Å². The number of hydrogen-bond acceptors (Lipinski definition) is 2. The van der Waals surface area contributed by atoms with Crippen molar-refractivity contribution in [3.05, 3.63) is 0 Å². The number of rotatable bonds is 8. The van der Waals surface area contributed by atoms with Gasteiger partial charge in [-0.1, -0.05) is 33.6 Å². The highest BCUT2D eigenvalue weighted by atomic mass is 16.5. The fourth-order valence-corrected chi connectivity index (χ4v) is 2.71. The Hall–Kier alpha value is -0.0800. The van der Waals surface area contributed by atoms with Crippen LogP contribution >= 0.6 is 0 Å². The summed E-state index contributed by atoms with van der Waals surface area (Å²) < 4.78 is 5.72. The SMILES string of the molecule is CCCNC1CCCCC1CCOCC(C)C. The first-order valence-corrected chi connectivity index (χ1v) is 7.55. The molecule has 2 nitrogen and oxygen atoms in total. The van der Waals surface area contributed by atoms with Gasteiger partial charge in [0.05, 0.1) is 0 Å². The molecule has 102 valence electrons. The molecule has 0 spiro atoms. The third kappa shape index (κ3) is 6.42. The molecule has 0 heterocycles. The minimum Gasteiger partial charge on any atom is -0.381 e. The first kappa shape index (κ1) is 15.0. The van der Waals surface area contributed by atoms with E-state index in [1.807, 2.05) is 0 Å². The van der Waals surface area contributed by atoms with Crippen LogP contribution in [0.5, 0.6) is 0 Å². The van der Waals surface area contributed by atoms with Crippen molar-refractivity contribution in [2.24, 2.45) is 11.8 Å². The van der Waals surface area contributed by atoms with Crippen LogP contribution in [0.2, 0.25) is 0 Å². The molecule has 0 radical (unpaired) electrons. The summed E-state index contributed by atoms with van der Waals surface area (Å²) in [5, 5.41) is 3.72. The van der Waals surface area contributed by atoms with Gasteiger partial charge in [-0.25, -0.2) is 0 Å². The molecule has 0 aromatic rings. The Morgan fingerprint density at radius 3 is 2.71 bits per heavy atom. The highest BCUT2D eigenvalue weighted by molar-refractivity contribution is 4.80. The molecular formula is C15H31NO. The Balaban J connectivity index is 2.18. The molecule has 1 rings (SSSR count). The first-order valence-electron chi connectivity index (χ1n) is 7.55. The van der Waals surface area contributed by atoms with Gasteiger partial charge in [0.1, 0.15) is 0 Å². The molecule has 1 aliphatic carbocycles. The number of hydrogen-bond donors (Lipinski definition) is 1. The smallest absolute Gasteiger partial charge is 0.0488 e. The van der Waals surface area contributed by atoms with Gasteiger partial charge in [-0.3, -0.25) is 0 Å². The lowest BCUT2D eigenvalue weighted by molar-refractivity contribution is 0.0868. The van der Waals surface area contributed by atoms with Gasteiger partial charge in [0.25, 0.3) is 0 Å². The van der Waals surface area contributed by atoms with Crippen LogP contribution < -0.4 is 5.32 Å². The third-order valence-corrected chi connectivity index (χ3v) is 3.65. The molecule has 2 heteroatoms. The molecule has 1 N–H and O–H groups in total. The average Bonchev–Trinajstić information content (AvgIpc) is 2.33. The Kier molecular flexibility index (Phi) is 7.87. The summed E-state index contributed by atoms with van der Waals surface area (Å²) in [6.07, 6.45) is 8.08. The summed E-state index contributed by atoms with van der Waals surface area (Å²) in [6, 6.07) is 0.756. The van der Waals surface area contributed by atoms with Crippen molar-refractivity contribution in [2.45, 2.75) is 65.3 Å². The van der Waals surface area contributed by atoms with Crippen LogP contribution in [0.4, 0.5) is 0 Å². The number of nitrogens with one attached hydrogen (secondary N) is 1. The molecule has 1 fully saturated rings. The molecule has 1 saturated carbocycles. The van der Waals surface area contributed by atoms with Crippen molar-refractivity contribution >= 4 is 0 Å². The van der Waals surface area contributed by atoms with Crippen LogP contribution in [0, 0.1) is 11.8 Å². The van der Waals surface area contributed by atoms with E-state index in [0.29, 0.717) is 5.92 Å². The lowest BCUT2D eigenvalue weighted by Crippen LogP contribution is -2.39. The molecule has 17 heavy (non-hydrogen) atoms. The lowest BCUT2D eigenvalue weighted by atomic mass is 9.82. The van der Waals surface area contributed by atoms with Gasteiger partial charge >= 0.3 is 0 Å². The average molecular weight is 241 g/mol. The standard InChI is InChI=1S/C15H31NO/c1-4-10-16-15-8-6-5-7-14(15)9-11-17-12-13(2)3/h13-16H,4-12H2,1-3H3. The van der Waals surface area contributed by atoms with Crippen molar-refractivity contribution in [3.63, 3.8) is 0 Å². The Morgan fingerprint density at radius 1 is 1.24 bits per heavy atom. The minimum atomic E-state index is 0.662. The largest absolute Gasteiger partial charge is 0.381 e. The molecular weight excluding hydrogens is 210 g/mol. The molecule has 0 aliphatic heterocycles. The van der Waals surface area contributed by atoms with Crippen molar-refractivity contribution in [1.29, 1.82) is 0 Å². The highest BCUT2D eigenvalue weighted by Gasteiger charge is 2.23. The summed E-state index contributed by atoms with van der Waals surface area (Å²) in [6.45, 7) is 9.72. The van der Waals surface area contributed by atoms with E-state index in [1.54, 1.807) is 0 Å². The van der Waals surface area contributed by atoms with Crippen molar-refractivity contribution < 1.29 is 4.74 Å². The molecule has 0 amide bonds. The predicted molar refractivity (Wildman–Crippen MR) is 74.3 cm³/mol. The minimum absolute atomic E-state index is 0.662. The van der Waals surface area contributed by atoms with E-state index in [4.69, 9.17) is 4.74 Å². The van der Waals surface area contributed by atoms with Gasteiger partial charge < -0.3 is 10.1 Å². The Bertz CT molecular complexity index is 182. The van der Waals surface area contributed by atoms with Crippen LogP contribution in [-0.2, 0) is 4.74 Å². The quantitative estimate of drug-likeness (QED) is 0.656. The zero-order valence-corrected chi connectivity index (χ0v) is 12.0. The fraction of sp³-hybridized carbons (Fsp3) is 1.00. The number of ether oxygens (including phenoxy) is 1. The second-order valence-electron chi connectivity index (χ2n) is 5.86. The highest BCUT2D eigenvalue weighted by Crippen LogP contribution is 2.27. The fourth-order valence-electron chi connectivity index (χ4n) is 2.71. The molecule has 2 unspecified atom stereocenters. The molecule has 0 bridgehead atoms. The normalized spacial score (nSPS) is 25.4. The van der Waals surface area contributed by atoms with Gasteiger partial charge in [-0.2, -0.15) is 0 Å². The van der Waals surface area contributed by atoms with Crippen LogP contribution in [0.3, 0.4) is 0 Å². The van der Waals surface area contributed by atoms with Gasteiger partial charge in [-0.05, 0) is 44.1 Å². The van der Waals surface area contributed by atoms with Gasteiger partial charge in [0.15, 0.2) is 0 Å². The molecule has 0 aromatic carbocycles. The van der Waals surface area contributed by atoms with Crippen LogP contribution in [-0.4, -0.2) is 25.8 Å². The van der Waals surface area contributed by atoms with Crippen LogP contribution in [0.1, 0.15) is 59.3 Å². The molecule has 1 aliphatic rings. The Morgan fingerprint density at radius 2 is 2.00 bits per heavy atom.